The van der Waals surface area contributed by atoms with Gasteiger partial charge in [0.2, 0.25) is 0 Å². The highest BCUT2D eigenvalue weighted by molar-refractivity contribution is 6.31. The molecule has 2 heterocycles. The van der Waals surface area contributed by atoms with Crippen LogP contribution in [0.2, 0.25) is 5.15 Å². The zero-order chi connectivity index (χ0) is 33.0. The third-order valence-corrected chi connectivity index (χ3v) is 8.98. The molecule has 1 aromatic carbocycles. The molecular formula is C31H44ClF3N6O4. The highest BCUT2D eigenvalue weighted by atomic mass is 35.5. The van der Waals surface area contributed by atoms with Crippen molar-refractivity contribution in [2.24, 2.45) is 5.92 Å². The molecule has 14 heteroatoms. The first-order chi connectivity index (χ1) is 21.3. The first-order valence-electron chi connectivity index (χ1n) is 15.5. The number of nitrogens with two attached hydrogens (primary N) is 2. The Labute approximate surface area is 267 Å². The second-order valence-corrected chi connectivity index (χ2v) is 12.4. The number of nitrogens with one attached hydrogen (secondary N) is 1. The second kappa shape index (κ2) is 16.8. The molecule has 1 aliphatic carbocycles. The smallest absolute Gasteiger partial charge is 0.430 e. The van der Waals surface area contributed by atoms with Crippen molar-refractivity contribution in [3.8, 4) is 5.75 Å². The predicted octanol–water partition coefficient (Wildman–Crippen LogP) is 4.30. The number of aromatic nitrogens is 2. The van der Waals surface area contributed by atoms with Crippen LogP contribution in [0.4, 0.5) is 24.8 Å². The molecule has 2 aromatic rings. The number of nitrogens with zero attached hydrogens (tertiary/aromatic N) is 3. The maximum atomic E-state index is 13.1. The van der Waals surface area contributed by atoms with Crippen LogP contribution in [-0.4, -0.2) is 71.8 Å². The van der Waals surface area contributed by atoms with Gasteiger partial charge in [-0.3, -0.25) is 4.79 Å². The number of methoxy groups -OCH3 is 1. The van der Waals surface area contributed by atoms with Crippen molar-refractivity contribution in [2.45, 2.75) is 82.8 Å². The third-order valence-electron chi connectivity index (χ3n) is 8.71. The van der Waals surface area contributed by atoms with E-state index in [4.69, 9.17) is 37.7 Å². The summed E-state index contributed by atoms with van der Waals surface area (Å²) in [6.45, 7) is 4.37. The first-order valence-corrected chi connectivity index (χ1v) is 15.9. The lowest BCUT2D eigenvalue weighted by atomic mass is 9.86. The Morgan fingerprint density at radius 3 is 2.29 bits per heavy atom. The number of quaternary nitrogens is 1. The lowest BCUT2D eigenvalue weighted by Crippen LogP contribution is -2.60. The third kappa shape index (κ3) is 11.5. The first kappa shape index (κ1) is 36.2. The molecule has 2 unspecified atom stereocenters. The van der Waals surface area contributed by atoms with Crippen molar-refractivity contribution in [3.63, 3.8) is 0 Å². The molecule has 5 N–H and O–H groups in total. The fourth-order valence-corrected chi connectivity index (χ4v) is 6.55. The number of nitrogen functional groups attached to an aromatic ring is 2. The molecule has 1 amide bonds. The van der Waals surface area contributed by atoms with E-state index in [0.29, 0.717) is 0 Å². The van der Waals surface area contributed by atoms with Crippen LogP contribution >= 0.6 is 11.6 Å². The Kier molecular flexibility index (Phi) is 13.5. The summed E-state index contributed by atoms with van der Waals surface area (Å²) in [7, 11) is 1.70. The van der Waals surface area contributed by atoms with Gasteiger partial charge in [0.15, 0.2) is 22.5 Å². The van der Waals surface area contributed by atoms with Crippen molar-refractivity contribution in [2.75, 3.05) is 44.8 Å². The van der Waals surface area contributed by atoms with Crippen LogP contribution in [0.3, 0.4) is 0 Å². The Bertz CT molecular complexity index is 1260. The maximum absolute atomic E-state index is 13.1. The van der Waals surface area contributed by atoms with E-state index >= 15 is 0 Å². The predicted molar refractivity (Wildman–Crippen MR) is 164 cm³/mol. The van der Waals surface area contributed by atoms with Crippen molar-refractivity contribution >= 4 is 35.1 Å². The Morgan fingerprint density at radius 2 is 1.67 bits per heavy atom. The summed E-state index contributed by atoms with van der Waals surface area (Å²) in [6.07, 6.45) is 8.53. The number of halogens is 4. The molecule has 2 atom stereocenters. The SMILES string of the molecule is COc1ccc(CCC[N+]2(CCCC3CCCCC3)CCCC(NC(=O)c3nc(Cl)c(N)nc3N)C2)cc1.O=C([O-])C(F)(F)F. The number of rotatable bonds is 11. The van der Waals surface area contributed by atoms with Crippen LogP contribution in [0, 0.1) is 5.92 Å². The van der Waals surface area contributed by atoms with E-state index in [0.717, 1.165) is 61.5 Å². The number of piperidine rings is 1. The highest BCUT2D eigenvalue weighted by Crippen LogP contribution is 2.29. The van der Waals surface area contributed by atoms with Gasteiger partial charge >= 0.3 is 6.18 Å². The van der Waals surface area contributed by atoms with Crippen LogP contribution in [0.25, 0.3) is 0 Å². The lowest BCUT2D eigenvalue weighted by Gasteiger charge is -2.45. The number of alkyl halides is 3. The van der Waals surface area contributed by atoms with Gasteiger partial charge in [-0.1, -0.05) is 55.8 Å². The number of carbonyl (C=O) groups is 2. The Morgan fingerprint density at radius 1 is 1.02 bits per heavy atom. The minimum absolute atomic E-state index is 0.000586. The number of aryl methyl sites for hydroxylation is 1. The molecule has 250 valence electrons. The van der Waals surface area contributed by atoms with E-state index in [-0.39, 0.29) is 34.4 Å². The topological polar surface area (TPSA) is 156 Å². The van der Waals surface area contributed by atoms with Gasteiger partial charge in [0.1, 0.15) is 11.7 Å². The molecule has 1 saturated heterocycles. The highest BCUT2D eigenvalue weighted by Gasteiger charge is 2.36. The molecule has 0 radical (unpaired) electrons. The molecule has 10 nitrogen and oxygen atoms in total. The largest absolute Gasteiger partial charge is 0.542 e. The number of anilines is 2. The fraction of sp³-hybridized carbons (Fsp3) is 0.613. The Hall–Kier alpha value is -3.32. The monoisotopic (exact) mass is 656 g/mol. The van der Waals surface area contributed by atoms with Crippen molar-refractivity contribution < 1.29 is 37.1 Å². The number of hydrogen-bond acceptors (Lipinski definition) is 8. The standard InChI is InChI=1S/C29H43ClN6O2.C2HF3O2/c1-38-24-15-13-22(14-16-24)11-6-18-36(17-5-10-21-8-3-2-4-9-21)19-7-12-23(20-36)33-29(37)25-27(31)35-28(32)26(30)34-25;3-2(4,5)1(6)7/h13-16,21,23H,2-12,17-20H2,1H3,(H4-,31,32,33,35,37);(H,6,7). The summed E-state index contributed by atoms with van der Waals surface area (Å²) in [5.41, 5.74) is 13.0. The van der Waals surface area contributed by atoms with Crippen LogP contribution < -0.4 is 26.6 Å². The molecule has 2 fully saturated rings. The Balaban J connectivity index is 0.000000707. The summed E-state index contributed by atoms with van der Waals surface area (Å²) in [5, 5.41) is 12.0. The average Bonchev–Trinajstić information content (AvgIpc) is 3.00. The average molecular weight is 657 g/mol. The molecule has 2 aliphatic rings. The van der Waals surface area contributed by atoms with E-state index in [1.165, 1.54) is 57.1 Å². The van der Waals surface area contributed by atoms with Gasteiger partial charge in [0.05, 0.1) is 39.3 Å². The summed E-state index contributed by atoms with van der Waals surface area (Å²) in [6, 6.07) is 8.45. The van der Waals surface area contributed by atoms with E-state index in [1.807, 2.05) is 12.1 Å². The lowest BCUT2D eigenvalue weighted by molar-refractivity contribution is -0.933. The van der Waals surface area contributed by atoms with Crippen LogP contribution in [0.15, 0.2) is 24.3 Å². The zero-order valence-corrected chi connectivity index (χ0v) is 26.5. The number of carboxylic acids is 1. The minimum atomic E-state index is -5.19. The van der Waals surface area contributed by atoms with Crippen LogP contribution in [-0.2, 0) is 11.2 Å². The summed E-state index contributed by atoms with van der Waals surface area (Å²) in [5.74, 6) is -1.52. The maximum Gasteiger partial charge on any atom is 0.430 e. The summed E-state index contributed by atoms with van der Waals surface area (Å²) < 4.78 is 37.9. The van der Waals surface area contributed by atoms with Crippen LogP contribution in [0.5, 0.6) is 5.75 Å². The zero-order valence-electron chi connectivity index (χ0n) is 25.7. The van der Waals surface area contributed by atoms with Gasteiger partial charge in [-0.2, -0.15) is 13.2 Å². The van der Waals surface area contributed by atoms with Gasteiger partial charge in [0, 0.05) is 6.42 Å². The number of benzene rings is 1. The molecule has 0 spiro atoms. The number of likely N-dealkylation sites (tertiary alicyclic amines) is 1. The second-order valence-electron chi connectivity index (χ2n) is 12.0. The molecule has 1 saturated carbocycles. The number of aliphatic carboxylic acids is 1. The molecular weight excluding hydrogens is 613 g/mol. The molecule has 0 bridgehead atoms. The van der Waals surface area contributed by atoms with Crippen molar-refractivity contribution in [3.05, 3.63) is 40.7 Å². The van der Waals surface area contributed by atoms with Gasteiger partial charge in [-0.15, -0.1) is 0 Å². The number of ether oxygens (including phenoxy) is 1. The number of amides is 1. The van der Waals surface area contributed by atoms with Crippen LogP contribution in [0.1, 0.15) is 80.3 Å². The summed E-state index contributed by atoms with van der Waals surface area (Å²) >= 11 is 6.02. The molecule has 45 heavy (non-hydrogen) atoms. The van der Waals surface area contributed by atoms with E-state index in [9.17, 15) is 18.0 Å². The number of carboxylic acid groups (broad SMARTS) is 1. The number of carbonyl (C=O) groups excluding carboxylic acids is 2. The minimum Gasteiger partial charge on any atom is -0.542 e. The van der Waals surface area contributed by atoms with E-state index in [2.05, 4.69) is 27.4 Å². The molecule has 1 aromatic heterocycles. The van der Waals surface area contributed by atoms with Gasteiger partial charge < -0.3 is 35.9 Å². The quantitative estimate of drug-likeness (QED) is 0.302. The molecule has 4 rings (SSSR count). The van der Waals surface area contributed by atoms with Gasteiger partial charge in [-0.25, -0.2) is 9.97 Å². The van der Waals surface area contributed by atoms with Crippen molar-refractivity contribution in [1.82, 2.24) is 15.3 Å². The molecule has 1 aliphatic heterocycles. The van der Waals surface area contributed by atoms with Gasteiger partial charge in [0.25, 0.3) is 5.91 Å². The van der Waals surface area contributed by atoms with E-state index in [1.54, 1.807) is 7.11 Å². The normalized spacial score (nSPS) is 20.5. The number of hydrogen-bond donors (Lipinski definition) is 3. The summed E-state index contributed by atoms with van der Waals surface area (Å²) in [4.78, 5) is 29.9. The van der Waals surface area contributed by atoms with E-state index < -0.39 is 12.1 Å². The fourth-order valence-electron chi connectivity index (χ4n) is 6.42. The van der Waals surface area contributed by atoms with Crippen molar-refractivity contribution in [1.29, 1.82) is 0 Å². The van der Waals surface area contributed by atoms with Gasteiger partial charge in [-0.05, 0) is 55.7 Å².